The van der Waals surface area contributed by atoms with Crippen LogP contribution < -0.4 is 21.2 Å². The zero-order chi connectivity index (χ0) is 27.6. The Kier molecular flexibility index (Phi) is 9.69. The Hall–Kier alpha value is -4.17. The van der Waals surface area contributed by atoms with E-state index < -0.39 is 5.91 Å². The fraction of sp³-hybridized carbons (Fsp3) is 0.161. The van der Waals surface area contributed by atoms with E-state index in [1.165, 1.54) is 23.8 Å². The van der Waals surface area contributed by atoms with Gasteiger partial charge in [-0.1, -0.05) is 66.2 Å². The smallest absolute Gasteiger partial charge is 0.271 e. The Labute approximate surface area is 236 Å². The Balaban J connectivity index is 0.00000294. The number of hydrogen-bond donors (Lipinski definition) is 4. The molecule has 1 amide bonds. The van der Waals surface area contributed by atoms with Crippen LogP contribution in [0, 0.1) is 6.92 Å². The molecule has 39 heavy (non-hydrogen) atoms. The fourth-order valence-electron chi connectivity index (χ4n) is 4.03. The van der Waals surface area contributed by atoms with E-state index in [1.807, 2.05) is 61.5 Å². The van der Waals surface area contributed by atoms with Gasteiger partial charge in [0.2, 0.25) is 0 Å². The zero-order valence-corrected chi connectivity index (χ0v) is 22.4. The van der Waals surface area contributed by atoms with Gasteiger partial charge in [0.25, 0.3) is 5.91 Å². The molecule has 0 unspecified atom stereocenters. The van der Waals surface area contributed by atoms with Crippen molar-refractivity contribution >= 4 is 23.7 Å². The van der Waals surface area contributed by atoms with Gasteiger partial charge in [-0.05, 0) is 65.1 Å². The molecule has 0 aliphatic rings. The molecule has 0 aromatic heterocycles. The number of carbonyl (C=O) groups excluding carboxylic acids is 1. The van der Waals surface area contributed by atoms with Crippen LogP contribution in [0.4, 0.5) is 0 Å². The summed E-state index contributed by atoms with van der Waals surface area (Å²) >= 11 is 5.90. The second kappa shape index (κ2) is 13.6. The number of nitrogens with two attached hydrogens (primary N) is 1. The number of benzene rings is 4. The molecule has 4 rings (SSSR count). The molecule has 204 valence electrons. The van der Waals surface area contributed by atoms with Crippen LogP contribution in [-0.4, -0.2) is 30.4 Å². The Morgan fingerprint density at radius 3 is 2.51 bits per heavy atom. The van der Waals surface area contributed by atoms with Crippen molar-refractivity contribution in [3.63, 3.8) is 0 Å². The molecule has 0 atom stereocenters. The Bertz CT molecular complexity index is 1450. The van der Waals surface area contributed by atoms with Gasteiger partial charge < -0.3 is 20.9 Å². The van der Waals surface area contributed by atoms with Crippen LogP contribution in [0.5, 0.6) is 11.5 Å². The van der Waals surface area contributed by atoms with Crippen LogP contribution in [0.3, 0.4) is 0 Å². The standard InChI is InChI=1S/C31H31ClN4O3.2H2/c1-21-15-24(20-35-36-31(38)26-11-12-29(37)28(32)17-26)16-27(25-5-3-2-4-6-25)30(21)39-14-13-34-19-23-9-7-22(18-33)8-10-23;;/h2-12,15-17,20,34,37H,13-14,18-19,33H2,1H3,(H,36,38);2*1H/b35-20+;;. The van der Waals surface area contributed by atoms with Crippen molar-refractivity contribution in [2.75, 3.05) is 13.2 Å². The van der Waals surface area contributed by atoms with Crippen LogP contribution in [-0.2, 0) is 13.1 Å². The molecule has 0 aliphatic heterocycles. The van der Waals surface area contributed by atoms with Gasteiger partial charge in [-0.2, -0.15) is 5.10 Å². The third kappa shape index (κ3) is 7.67. The summed E-state index contributed by atoms with van der Waals surface area (Å²) in [6.45, 7) is 4.46. The maximum absolute atomic E-state index is 12.4. The molecule has 0 heterocycles. The van der Waals surface area contributed by atoms with E-state index in [0.29, 0.717) is 25.3 Å². The highest BCUT2D eigenvalue weighted by Crippen LogP contribution is 2.34. The van der Waals surface area contributed by atoms with E-state index in [0.717, 1.165) is 40.1 Å². The van der Waals surface area contributed by atoms with Crippen LogP contribution >= 0.6 is 11.6 Å². The predicted molar refractivity (Wildman–Crippen MR) is 161 cm³/mol. The number of hydrazone groups is 1. The summed E-state index contributed by atoms with van der Waals surface area (Å²) in [4.78, 5) is 12.4. The molecule has 4 aromatic rings. The number of hydrogen-bond acceptors (Lipinski definition) is 6. The monoisotopic (exact) mass is 546 g/mol. The molecule has 0 fully saturated rings. The van der Waals surface area contributed by atoms with Gasteiger partial charge in [-0.25, -0.2) is 5.43 Å². The zero-order valence-electron chi connectivity index (χ0n) is 21.7. The number of amides is 1. The molecule has 5 N–H and O–H groups in total. The lowest BCUT2D eigenvalue weighted by Gasteiger charge is -2.16. The number of phenols is 1. The van der Waals surface area contributed by atoms with E-state index in [2.05, 4.69) is 28.0 Å². The van der Waals surface area contributed by atoms with Crippen LogP contribution in [0.2, 0.25) is 5.02 Å². The molecule has 0 saturated heterocycles. The van der Waals surface area contributed by atoms with Gasteiger partial charge in [0.1, 0.15) is 18.1 Å². The van der Waals surface area contributed by atoms with E-state index >= 15 is 0 Å². The number of halogens is 1. The van der Waals surface area contributed by atoms with Crippen molar-refractivity contribution in [3.8, 4) is 22.6 Å². The summed E-state index contributed by atoms with van der Waals surface area (Å²) < 4.78 is 6.25. The first-order chi connectivity index (χ1) is 18.9. The third-order valence-corrected chi connectivity index (χ3v) is 6.39. The topological polar surface area (TPSA) is 109 Å². The number of carbonyl (C=O) groups is 1. The van der Waals surface area contributed by atoms with Crippen LogP contribution in [0.25, 0.3) is 11.1 Å². The first-order valence-corrected chi connectivity index (χ1v) is 13.0. The van der Waals surface area contributed by atoms with E-state index in [1.54, 1.807) is 6.21 Å². The molecule has 0 radical (unpaired) electrons. The molecule has 0 spiro atoms. The van der Waals surface area contributed by atoms with Crippen LogP contribution in [0.1, 0.15) is 35.5 Å². The highest BCUT2D eigenvalue weighted by atomic mass is 35.5. The van der Waals surface area contributed by atoms with Crippen molar-refractivity contribution < 1.29 is 17.5 Å². The average Bonchev–Trinajstić information content (AvgIpc) is 2.95. The summed E-state index contributed by atoms with van der Waals surface area (Å²) in [5.74, 6) is 0.280. The van der Waals surface area contributed by atoms with Gasteiger partial charge in [0, 0.05) is 33.6 Å². The third-order valence-electron chi connectivity index (χ3n) is 6.08. The largest absolute Gasteiger partial charge is 0.506 e. The molecule has 0 aliphatic carbocycles. The maximum atomic E-state index is 12.4. The average molecular weight is 547 g/mol. The van der Waals surface area contributed by atoms with E-state index in [4.69, 9.17) is 22.1 Å². The van der Waals surface area contributed by atoms with Crippen molar-refractivity contribution in [3.05, 3.63) is 118 Å². The van der Waals surface area contributed by atoms with Gasteiger partial charge >= 0.3 is 0 Å². The number of nitrogens with one attached hydrogen (secondary N) is 2. The number of aryl methyl sites for hydroxylation is 1. The summed E-state index contributed by atoms with van der Waals surface area (Å²) in [6, 6.07) is 26.4. The fourth-order valence-corrected chi connectivity index (χ4v) is 4.21. The van der Waals surface area contributed by atoms with Gasteiger partial charge in [0.05, 0.1) is 11.2 Å². The minimum absolute atomic E-state index is 0. The minimum atomic E-state index is -0.434. The lowest BCUT2D eigenvalue weighted by molar-refractivity contribution is 0.0955. The second-order valence-electron chi connectivity index (χ2n) is 8.99. The van der Waals surface area contributed by atoms with E-state index in [9.17, 15) is 9.90 Å². The van der Waals surface area contributed by atoms with Gasteiger partial charge in [-0.15, -0.1) is 0 Å². The molecule has 4 aromatic carbocycles. The summed E-state index contributed by atoms with van der Waals surface area (Å²) in [6.07, 6.45) is 1.58. The van der Waals surface area contributed by atoms with Crippen molar-refractivity contribution in [1.29, 1.82) is 0 Å². The van der Waals surface area contributed by atoms with Gasteiger partial charge in [0.15, 0.2) is 0 Å². The quantitative estimate of drug-likeness (QED) is 0.106. The Morgan fingerprint density at radius 2 is 1.79 bits per heavy atom. The number of aromatic hydroxyl groups is 1. The molecular formula is C31H35ClN4O3. The summed E-state index contributed by atoms with van der Waals surface area (Å²) in [5.41, 5.74) is 14.5. The Morgan fingerprint density at radius 1 is 1.05 bits per heavy atom. The number of ether oxygens (including phenoxy) is 1. The summed E-state index contributed by atoms with van der Waals surface area (Å²) in [7, 11) is 0. The number of nitrogens with zero attached hydrogens (tertiary/aromatic N) is 1. The first-order valence-electron chi connectivity index (χ1n) is 12.6. The van der Waals surface area contributed by atoms with E-state index in [-0.39, 0.29) is 13.6 Å². The number of rotatable bonds is 11. The minimum Gasteiger partial charge on any atom is -0.506 e. The number of phenolic OH excluding ortho intramolecular Hbond substituents is 1. The van der Waals surface area contributed by atoms with Crippen molar-refractivity contribution in [2.45, 2.75) is 20.0 Å². The molecule has 0 bridgehead atoms. The lowest BCUT2D eigenvalue weighted by atomic mass is 9.99. The molecule has 0 saturated carbocycles. The molecule has 7 nitrogen and oxygen atoms in total. The van der Waals surface area contributed by atoms with Crippen molar-refractivity contribution in [2.24, 2.45) is 10.8 Å². The lowest BCUT2D eigenvalue weighted by Crippen LogP contribution is -2.21. The van der Waals surface area contributed by atoms with Crippen molar-refractivity contribution in [1.82, 2.24) is 10.7 Å². The van der Waals surface area contributed by atoms with Crippen LogP contribution in [0.15, 0.2) is 90.0 Å². The highest BCUT2D eigenvalue weighted by molar-refractivity contribution is 6.32. The molecular weight excluding hydrogens is 512 g/mol. The summed E-state index contributed by atoms with van der Waals surface area (Å²) in [5, 5.41) is 17.2. The molecule has 8 heteroatoms. The normalized spacial score (nSPS) is 11.1. The highest BCUT2D eigenvalue weighted by Gasteiger charge is 2.12. The van der Waals surface area contributed by atoms with Gasteiger partial charge in [-0.3, -0.25) is 4.79 Å². The SMILES string of the molecule is Cc1cc(/C=N/NC(=O)c2ccc(O)c(Cl)c2)cc(-c2ccccc2)c1OCCNCc1ccc(CN)cc1.[HH].[HH]. The maximum Gasteiger partial charge on any atom is 0.271 e. The first kappa shape index (κ1) is 27.9. The predicted octanol–water partition coefficient (Wildman–Crippen LogP) is 5.90. The second-order valence-corrected chi connectivity index (χ2v) is 9.40.